The molecule has 1 aliphatic rings. The SMILES string of the molecule is Nc1ccc(/C=C/C(=O)NCc2cc3cccc(-c4ccc(C(=O)N5CCOCC5)cc4)c3o2)cn1. The van der Waals surface area contributed by atoms with E-state index in [0.717, 1.165) is 27.7 Å². The van der Waals surface area contributed by atoms with Crippen molar-refractivity contribution in [3.05, 3.63) is 89.8 Å². The molecule has 0 saturated carbocycles. The Labute approximate surface area is 208 Å². The smallest absolute Gasteiger partial charge is 0.254 e. The lowest BCUT2D eigenvalue weighted by molar-refractivity contribution is -0.116. The highest BCUT2D eigenvalue weighted by molar-refractivity contribution is 5.97. The monoisotopic (exact) mass is 482 g/mol. The number of nitrogens with one attached hydrogen (secondary N) is 1. The molecule has 2 aromatic carbocycles. The molecule has 1 saturated heterocycles. The van der Waals surface area contributed by atoms with Gasteiger partial charge in [0.2, 0.25) is 5.91 Å². The van der Waals surface area contributed by atoms with Crippen LogP contribution in [0.2, 0.25) is 0 Å². The van der Waals surface area contributed by atoms with Crippen molar-refractivity contribution in [2.75, 3.05) is 32.0 Å². The lowest BCUT2D eigenvalue weighted by atomic mass is 10.0. The summed E-state index contributed by atoms with van der Waals surface area (Å²) < 4.78 is 11.4. The van der Waals surface area contributed by atoms with Gasteiger partial charge in [0.05, 0.1) is 19.8 Å². The van der Waals surface area contributed by atoms with Gasteiger partial charge in [-0.15, -0.1) is 0 Å². The number of anilines is 1. The van der Waals surface area contributed by atoms with E-state index in [4.69, 9.17) is 14.9 Å². The van der Waals surface area contributed by atoms with E-state index in [0.29, 0.717) is 43.4 Å². The van der Waals surface area contributed by atoms with Crippen LogP contribution in [0.1, 0.15) is 21.7 Å². The number of furan rings is 1. The fourth-order valence-corrected chi connectivity index (χ4v) is 4.09. The Bertz CT molecular complexity index is 1400. The number of hydrogen-bond donors (Lipinski definition) is 2. The molecule has 0 unspecified atom stereocenters. The van der Waals surface area contributed by atoms with Crippen molar-refractivity contribution in [3.8, 4) is 11.1 Å². The summed E-state index contributed by atoms with van der Waals surface area (Å²) in [6.07, 6.45) is 4.72. The number of fused-ring (bicyclic) bond motifs is 1. The molecule has 8 heteroatoms. The van der Waals surface area contributed by atoms with Gasteiger partial charge in [0.1, 0.15) is 17.2 Å². The molecule has 2 amide bonds. The van der Waals surface area contributed by atoms with Gasteiger partial charge in [0.25, 0.3) is 5.91 Å². The fourth-order valence-electron chi connectivity index (χ4n) is 4.09. The number of carbonyl (C=O) groups excluding carboxylic acids is 2. The van der Waals surface area contributed by atoms with Crippen molar-refractivity contribution in [1.82, 2.24) is 15.2 Å². The van der Waals surface area contributed by atoms with Crippen LogP contribution in [0.3, 0.4) is 0 Å². The predicted molar refractivity (Wildman–Crippen MR) is 138 cm³/mol. The van der Waals surface area contributed by atoms with Crippen molar-refractivity contribution in [3.63, 3.8) is 0 Å². The Hall–Kier alpha value is -4.43. The lowest BCUT2D eigenvalue weighted by Crippen LogP contribution is -2.40. The van der Waals surface area contributed by atoms with Crippen LogP contribution in [0.15, 0.2) is 77.4 Å². The van der Waals surface area contributed by atoms with Gasteiger partial charge >= 0.3 is 0 Å². The number of ether oxygens (including phenoxy) is 1. The maximum absolute atomic E-state index is 12.7. The van der Waals surface area contributed by atoms with Gasteiger partial charge in [-0.3, -0.25) is 9.59 Å². The molecule has 3 heterocycles. The number of aromatic nitrogens is 1. The second kappa shape index (κ2) is 10.5. The van der Waals surface area contributed by atoms with E-state index in [9.17, 15) is 9.59 Å². The molecule has 1 fully saturated rings. The van der Waals surface area contributed by atoms with Crippen molar-refractivity contribution >= 4 is 34.7 Å². The number of morpholine rings is 1. The van der Waals surface area contributed by atoms with E-state index < -0.39 is 0 Å². The van der Waals surface area contributed by atoms with E-state index in [-0.39, 0.29) is 18.4 Å². The van der Waals surface area contributed by atoms with Crippen LogP contribution in [0.4, 0.5) is 5.82 Å². The van der Waals surface area contributed by atoms with Crippen molar-refractivity contribution in [2.45, 2.75) is 6.54 Å². The van der Waals surface area contributed by atoms with Crippen LogP contribution in [0.5, 0.6) is 0 Å². The summed E-state index contributed by atoms with van der Waals surface area (Å²) in [5.41, 5.74) is 9.62. The molecule has 4 aromatic rings. The van der Waals surface area contributed by atoms with Crippen LogP contribution < -0.4 is 11.1 Å². The van der Waals surface area contributed by atoms with Crippen molar-refractivity contribution in [2.24, 2.45) is 0 Å². The molecule has 182 valence electrons. The molecular formula is C28H26N4O4. The van der Waals surface area contributed by atoms with E-state index in [1.54, 1.807) is 24.4 Å². The summed E-state index contributed by atoms with van der Waals surface area (Å²) >= 11 is 0. The summed E-state index contributed by atoms with van der Waals surface area (Å²) in [7, 11) is 0. The number of carbonyl (C=O) groups is 2. The van der Waals surface area contributed by atoms with Crippen molar-refractivity contribution < 1.29 is 18.7 Å². The molecule has 0 atom stereocenters. The molecule has 8 nitrogen and oxygen atoms in total. The number of benzene rings is 2. The third-order valence-electron chi connectivity index (χ3n) is 6.01. The average molecular weight is 483 g/mol. The Morgan fingerprint density at radius 2 is 1.86 bits per heavy atom. The number of nitrogens with zero attached hydrogens (tertiary/aromatic N) is 2. The minimum Gasteiger partial charge on any atom is -0.459 e. The summed E-state index contributed by atoms with van der Waals surface area (Å²) in [5, 5.41) is 3.77. The van der Waals surface area contributed by atoms with E-state index in [1.807, 2.05) is 53.4 Å². The molecule has 0 aliphatic carbocycles. The van der Waals surface area contributed by atoms with Gasteiger partial charge in [-0.05, 0) is 47.5 Å². The van der Waals surface area contributed by atoms with Gasteiger partial charge < -0.3 is 25.1 Å². The zero-order valence-corrected chi connectivity index (χ0v) is 19.6. The number of nitrogen functional groups attached to an aromatic ring is 1. The zero-order chi connectivity index (χ0) is 24.9. The lowest BCUT2D eigenvalue weighted by Gasteiger charge is -2.26. The first-order valence-electron chi connectivity index (χ1n) is 11.7. The third-order valence-corrected chi connectivity index (χ3v) is 6.01. The van der Waals surface area contributed by atoms with Crippen LogP contribution in [0.25, 0.3) is 28.2 Å². The van der Waals surface area contributed by atoms with Gasteiger partial charge in [-0.1, -0.05) is 30.3 Å². The number of rotatable bonds is 6. The number of nitrogens with two attached hydrogens (primary N) is 1. The maximum Gasteiger partial charge on any atom is 0.254 e. The average Bonchev–Trinajstić information content (AvgIpc) is 3.35. The first kappa shape index (κ1) is 23.3. The number of amides is 2. The van der Waals surface area contributed by atoms with Gasteiger partial charge in [0.15, 0.2) is 0 Å². The highest BCUT2D eigenvalue weighted by Gasteiger charge is 2.19. The Balaban J connectivity index is 1.27. The normalized spacial score (nSPS) is 13.8. The van der Waals surface area contributed by atoms with Gasteiger partial charge in [-0.2, -0.15) is 0 Å². The highest BCUT2D eigenvalue weighted by Crippen LogP contribution is 2.31. The van der Waals surface area contributed by atoms with E-state index in [2.05, 4.69) is 10.3 Å². The Morgan fingerprint density at radius 1 is 1.06 bits per heavy atom. The Kier molecular flexibility index (Phi) is 6.77. The predicted octanol–water partition coefficient (Wildman–Crippen LogP) is 3.88. The molecular weight excluding hydrogens is 456 g/mol. The van der Waals surface area contributed by atoms with Gasteiger partial charge in [-0.25, -0.2) is 4.98 Å². The van der Waals surface area contributed by atoms with E-state index in [1.165, 1.54) is 6.08 Å². The first-order chi connectivity index (χ1) is 17.6. The number of para-hydroxylation sites is 1. The number of hydrogen-bond acceptors (Lipinski definition) is 6. The molecule has 36 heavy (non-hydrogen) atoms. The van der Waals surface area contributed by atoms with Gasteiger partial charge in [0, 0.05) is 41.9 Å². The molecule has 5 rings (SSSR count). The quantitative estimate of drug-likeness (QED) is 0.404. The Morgan fingerprint density at radius 3 is 2.61 bits per heavy atom. The minimum absolute atomic E-state index is 0.0146. The van der Waals surface area contributed by atoms with Crippen LogP contribution in [-0.2, 0) is 16.1 Å². The summed E-state index contributed by atoms with van der Waals surface area (Å²) in [6.45, 7) is 2.62. The maximum atomic E-state index is 12.7. The van der Waals surface area contributed by atoms with Crippen LogP contribution in [0, 0.1) is 0 Å². The molecule has 0 radical (unpaired) electrons. The molecule has 3 N–H and O–H groups in total. The zero-order valence-electron chi connectivity index (χ0n) is 19.6. The second-order valence-corrected chi connectivity index (χ2v) is 8.49. The van der Waals surface area contributed by atoms with E-state index >= 15 is 0 Å². The van der Waals surface area contributed by atoms with Crippen LogP contribution >= 0.6 is 0 Å². The summed E-state index contributed by atoms with van der Waals surface area (Å²) in [6, 6.07) is 18.9. The van der Waals surface area contributed by atoms with Crippen molar-refractivity contribution in [1.29, 1.82) is 0 Å². The fraction of sp³-hybridized carbons (Fsp3) is 0.179. The minimum atomic E-state index is -0.243. The molecule has 1 aliphatic heterocycles. The number of pyridine rings is 1. The summed E-state index contributed by atoms with van der Waals surface area (Å²) in [4.78, 5) is 30.8. The highest BCUT2D eigenvalue weighted by atomic mass is 16.5. The topological polar surface area (TPSA) is 111 Å². The van der Waals surface area contributed by atoms with Crippen LogP contribution in [-0.4, -0.2) is 48.0 Å². The molecule has 2 aromatic heterocycles. The molecule has 0 bridgehead atoms. The third kappa shape index (κ3) is 5.29. The standard InChI is InChI=1S/C28H26N4O4/c29-25-10-4-19(17-30-25)5-11-26(33)31-18-23-16-22-2-1-3-24(27(22)36-23)20-6-8-21(9-7-20)28(34)32-12-14-35-15-13-32/h1-11,16-17H,12-15,18H2,(H2,29,30)(H,31,33)/b11-5+. The molecule has 0 spiro atoms. The summed E-state index contributed by atoms with van der Waals surface area (Å²) in [5.74, 6) is 0.847. The second-order valence-electron chi connectivity index (χ2n) is 8.49. The largest absolute Gasteiger partial charge is 0.459 e. The first-order valence-corrected chi connectivity index (χ1v) is 11.7.